The first-order chi connectivity index (χ1) is 16.3. The summed E-state index contributed by atoms with van der Waals surface area (Å²) >= 11 is 0. The predicted octanol–water partition coefficient (Wildman–Crippen LogP) is 3.76. The minimum atomic E-state index is -0.283. The summed E-state index contributed by atoms with van der Waals surface area (Å²) < 4.78 is 22.4. The standard InChI is InChI=1S/C24H20N4O5/c29-21(13-30-16-7-8-19-20(12-16)32-14-31-19)28-11-3-6-18(28)23-26-27-24(33-23)22-17-5-2-1-4-15(17)9-10-25-22/h1-2,4-5,7-10,12,18H,3,6,11,13-14H2. The molecule has 0 N–H and O–H groups in total. The number of ether oxygens (including phenoxy) is 3. The smallest absolute Gasteiger partial charge is 0.267 e. The summed E-state index contributed by atoms with van der Waals surface area (Å²) in [5, 5.41) is 10.5. The normalized spacial score (nSPS) is 17.0. The van der Waals surface area contributed by atoms with Gasteiger partial charge in [0.1, 0.15) is 17.5 Å². The molecule has 0 aliphatic carbocycles. The lowest BCUT2D eigenvalue weighted by Gasteiger charge is -2.22. The van der Waals surface area contributed by atoms with Crippen molar-refractivity contribution < 1.29 is 23.4 Å². The third-order valence-electron chi connectivity index (χ3n) is 5.88. The number of hydrogen-bond acceptors (Lipinski definition) is 8. The van der Waals surface area contributed by atoms with E-state index in [1.165, 1.54) is 0 Å². The van der Waals surface area contributed by atoms with Crippen molar-refractivity contribution >= 4 is 16.7 Å². The second kappa shape index (κ2) is 8.09. The molecule has 4 heterocycles. The maximum absolute atomic E-state index is 12.9. The number of nitrogens with zero attached hydrogens (tertiary/aromatic N) is 4. The molecule has 1 amide bonds. The van der Waals surface area contributed by atoms with Crippen LogP contribution in [0.5, 0.6) is 17.2 Å². The van der Waals surface area contributed by atoms with Gasteiger partial charge in [-0.2, -0.15) is 0 Å². The van der Waals surface area contributed by atoms with E-state index in [0.717, 1.165) is 23.6 Å². The van der Waals surface area contributed by atoms with Crippen molar-refractivity contribution in [3.8, 4) is 28.8 Å². The van der Waals surface area contributed by atoms with Gasteiger partial charge < -0.3 is 23.5 Å². The Labute approximate surface area is 188 Å². The molecule has 4 aromatic rings. The average molecular weight is 444 g/mol. The van der Waals surface area contributed by atoms with Crippen LogP contribution in [0, 0.1) is 0 Å². The van der Waals surface area contributed by atoms with Crippen LogP contribution in [-0.2, 0) is 4.79 Å². The van der Waals surface area contributed by atoms with Gasteiger partial charge in [0, 0.05) is 24.2 Å². The van der Waals surface area contributed by atoms with Gasteiger partial charge in [-0.3, -0.25) is 9.78 Å². The topological polar surface area (TPSA) is 99.8 Å². The lowest BCUT2D eigenvalue weighted by molar-refractivity contribution is -0.134. The molecule has 2 aliphatic heterocycles. The number of amides is 1. The Kier molecular flexibility index (Phi) is 4.79. The van der Waals surface area contributed by atoms with Gasteiger partial charge in [-0.15, -0.1) is 10.2 Å². The summed E-state index contributed by atoms with van der Waals surface area (Å²) in [6.45, 7) is 0.702. The van der Waals surface area contributed by atoms with Gasteiger partial charge in [-0.25, -0.2) is 0 Å². The van der Waals surface area contributed by atoms with E-state index in [-0.39, 0.29) is 25.3 Å². The highest BCUT2D eigenvalue weighted by atomic mass is 16.7. The molecule has 1 fully saturated rings. The Morgan fingerprint density at radius 1 is 1.09 bits per heavy atom. The predicted molar refractivity (Wildman–Crippen MR) is 117 cm³/mol. The summed E-state index contributed by atoms with van der Waals surface area (Å²) in [5.74, 6) is 2.44. The maximum atomic E-state index is 12.9. The summed E-state index contributed by atoms with van der Waals surface area (Å²) in [7, 11) is 0. The minimum Gasteiger partial charge on any atom is -0.484 e. The van der Waals surface area contributed by atoms with Gasteiger partial charge in [0.2, 0.25) is 12.7 Å². The molecule has 166 valence electrons. The molecule has 0 bridgehead atoms. The lowest BCUT2D eigenvalue weighted by Crippen LogP contribution is -2.34. The van der Waals surface area contributed by atoms with E-state index >= 15 is 0 Å². The van der Waals surface area contributed by atoms with E-state index in [1.807, 2.05) is 30.3 Å². The summed E-state index contributed by atoms with van der Waals surface area (Å²) in [4.78, 5) is 19.1. The highest BCUT2D eigenvalue weighted by molar-refractivity contribution is 5.92. The Balaban J connectivity index is 1.18. The summed E-state index contributed by atoms with van der Waals surface area (Å²) in [6, 6.07) is 14.8. The number of hydrogen-bond donors (Lipinski definition) is 0. The van der Waals surface area contributed by atoms with Gasteiger partial charge in [0.25, 0.3) is 11.8 Å². The number of carbonyl (C=O) groups excluding carboxylic acids is 1. The van der Waals surface area contributed by atoms with Crippen LogP contribution >= 0.6 is 0 Å². The van der Waals surface area contributed by atoms with Crippen LogP contribution in [0.1, 0.15) is 24.8 Å². The minimum absolute atomic E-state index is 0.0952. The van der Waals surface area contributed by atoms with E-state index in [0.29, 0.717) is 41.3 Å². The molecule has 2 aliphatic rings. The molecule has 0 radical (unpaired) electrons. The van der Waals surface area contributed by atoms with Crippen molar-refractivity contribution in [1.29, 1.82) is 0 Å². The molecule has 6 rings (SSSR count). The van der Waals surface area contributed by atoms with Crippen molar-refractivity contribution in [3.63, 3.8) is 0 Å². The average Bonchev–Trinajstić information content (AvgIpc) is 3.62. The second-order valence-corrected chi connectivity index (χ2v) is 7.88. The molecule has 9 heteroatoms. The first kappa shape index (κ1) is 19.5. The van der Waals surface area contributed by atoms with E-state index in [2.05, 4.69) is 15.2 Å². The fraction of sp³-hybridized carbons (Fsp3) is 0.250. The van der Waals surface area contributed by atoms with Gasteiger partial charge in [-0.1, -0.05) is 24.3 Å². The second-order valence-electron chi connectivity index (χ2n) is 7.88. The quantitative estimate of drug-likeness (QED) is 0.459. The van der Waals surface area contributed by atoms with E-state index < -0.39 is 0 Å². The number of benzene rings is 2. The third-order valence-corrected chi connectivity index (χ3v) is 5.88. The fourth-order valence-corrected chi connectivity index (χ4v) is 4.27. The van der Waals surface area contributed by atoms with Crippen LogP contribution in [0.2, 0.25) is 0 Å². The highest BCUT2D eigenvalue weighted by Crippen LogP contribution is 2.36. The van der Waals surface area contributed by atoms with Crippen molar-refractivity contribution in [2.24, 2.45) is 0 Å². The molecule has 33 heavy (non-hydrogen) atoms. The number of aromatic nitrogens is 3. The zero-order chi connectivity index (χ0) is 22.2. The van der Waals surface area contributed by atoms with Crippen LogP contribution in [0.15, 0.2) is 59.1 Å². The maximum Gasteiger partial charge on any atom is 0.267 e. The first-order valence-electron chi connectivity index (χ1n) is 10.8. The zero-order valence-corrected chi connectivity index (χ0v) is 17.6. The van der Waals surface area contributed by atoms with Gasteiger partial charge >= 0.3 is 0 Å². The van der Waals surface area contributed by atoms with Crippen LogP contribution < -0.4 is 14.2 Å². The van der Waals surface area contributed by atoms with Crippen LogP contribution in [0.25, 0.3) is 22.4 Å². The number of carbonyl (C=O) groups is 1. The zero-order valence-electron chi connectivity index (χ0n) is 17.6. The van der Waals surface area contributed by atoms with Gasteiger partial charge in [0.15, 0.2) is 18.1 Å². The molecule has 2 aromatic carbocycles. The molecule has 9 nitrogen and oxygen atoms in total. The summed E-state index contributed by atoms with van der Waals surface area (Å²) in [5.41, 5.74) is 0.633. The highest BCUT2D eigenvalue weighted by Gasteiger charge is 2.34. The molecular weight excluding hydrogens is 424 g/mol. The first-order valence-corrected chi connectivity index (χ1v) is 10.8. The van der Waals surface area contributed by atoms with Crippen molar-refractivity contribution in [2.45, 2.75) is 18.9 Å². The number of fused-ring (bicyclic) bond motifs is 2. The third kappa shape index (κ3) is 3.61. The Morgan fingerprint density at radius 2 is 2.00 bits per heavy atom. The van der Waals surface area contributed by atoms with Crippen LogP contribution in [-0.4, -0.2) is 45.9 Å². The molecule has 0 saturated carbocycles. The fourth-order valence-electron chi connectivity index (χ4n) is 4.27. The number of rotatable bonds is 5. The van der Waals surface area contributed by atoms with Crippen molar-refractivity contribution in [1.82, 2.24) is 20.1 Å². The molecule has 2 aromatic heterocycles. The van der Waals surface area contributed by atoms with Crippen molar-refractivity contribution in [2.75, 3.05) is 19.9 Å². The van der Waals surface area contributed by atoms with Crippen LogP contribution in [0.4, 0.5) is 0 Å². The largest absolute Gasteiger partial charge is 0.484 e. The lowest BCUT2D eigenvalue weighted by atomic mass is 10.1. The Morgan fingerprint density at radius 3 is 2.97 bits per heavy atom. The molecular formula is C24H20N4O5. The van der Waals surface area contributed by atoms with E-state index in [1.54, 1.807) is 29.3 Å². The summed E-state index contributed by atoms with van der Waals surface area (Å²) in [6.07, 6.45) is 3.32. The molecule has 1 atom stereocenters. The Bertz CT molecular complexity index is 1330. The van der Waals surface area contributed by atoms with Crippen LogP contribution in [0.3, 0.4) is 0 Å². The van der Waals surface area contributed by atoms with E-state index in [9.17, 15) is 4.79 Å². The van der Waals surface area contributed by atoms with Gasteiger partial charge in [-0.05, 0) is 36.4 Å². The molecule has 1 saturated heterocycles. The van der Waals surface area contributed by atoms with Gasteiger partial charge in [0.05, 0.1) is 0 Å². The van der Waals surface area contributed by atoms with E-state index in [4.69, 9.17) is 18.6 Å². The Hall–Kier alpha value is -4.14. The molecule has 1 unspecified atom stereocenters. The monoisotopic (exact) mass is 444 g/mol. The number of pyridine rings is 1. The SMILES string of the molecule is O=C(COc1ccc2c(c1)OCO2)N1CCCC1c1nnc(-c2nccc3ccccc23)o1. The number of likely N-dealkylation sites (tertiary alicyclic amines) is 1. The van der Waals surface area contributed by atoms with Crippen molar-refractivity contribution in [3.05, 3.63) is 60.6 Å². The molecule has 0 spiro atoms.